The molecule has 0 amide bonds. The van der Waals surface area contributed by atoms with Gasteiger partial charge in [-0.2, -0.15) is 5.10 Å². The maximum Gasteiger partial charge on any atom is 0.358 e. The van der Waals surface area contributed by atoms with Crippen LogP contribution in [0.1, 0.15) is 10.5 Å². The molecule has 6 heteroatoms. The van der Waals surface area contributed by atoms with Crippen molar-refractivity contribution in [1.29, 1.82) is 0 Å². The molecule has 0 unspecified atom stereocenters. The Balaban J connectivity index is 2.01. The molecule has 0 aliphatic heterocycles. The minimum Gasteiger partial charge on any atom is -0.460 e. The Morgan fingerprint density at radius 1 is 1.30 bits per heavy atom. The minimum atomic E-state index is -0.416. The largest absolute Gasteiger partial charge is 0.460 e. The summed E-state index contributed by atoms with van der Waals surface area (Å²) in [6.45, 7) is 1.03. The zero-order valence-corrected chi connectivity index (χ0v) is 11.6. The Bertz CT molecular complexity index is 575. The minimum absolute atomic E-state index is 0.292. The summed E-state index contributed by atoms with van der Waals surface area (Å²) in [4.78, 5) is 13.7. The van der Waals surface area contributed by atoms with E-state index in [1.54, 1.807) is 29.1 Å². The Labute approximate surface area is 117 Å². The van der Waals surface area contributed by atoms with Gasteiger partial charge in [-0.15, -0.1) is 0 Å². The van der Waals surface area contributed by atoms with E-state index in [0.717, 1.165) is 5.69 Å². The van der Waals surface area contributed by atoms with Crippen LogP contribution in [0.3, 0.4) is 0 Å². The fourth-order valence-corrected chi connectivity index (χ4v) is 1.60. The van der Waals surface area contributed by atoms with Gasteiger partial charge in [0.05, 0.1) is 5.69 Å². The van der Waals surface area contributed by atoms with E-state index in [4.69, 9.17) is 10.5 Å². The lowest BCUT2D eigenvalue weighted by molar-refractivity contribution is 0.0474. The van der Waals surface area contributed by atoms with E-state index in [2.05, 4.69) is 5.10 Å². The highest BCUT2D eigenvalue weighted by molar-refractivity contribution is 5.87. The summed E-state index contributed by atoms with van der Waals surface area (Å²) in [5.74, 6) is -0.416. The predicted molar refractivity (Wildman–Crippen MR) is 76.8 cm³/mol. The average Bonchev–Trinajstić information content (AvgIpc) is 2.88. The number of rotatable bonds is 5. The highest BCUT2D eigenvalue weighted by atomic mass is 16.5. The highest BCUT2D eigenvalue weighted by Crippen LogP contribution is 2.11. The second-order valence-corrected chi connectivity index (χ2v) is 4.68. The van der Waals surface area contributed by atoms with Crippen LogP contribution in [0.4, 0.5) is 5.69 Å². The number of hydrogen-bond acceptors (Lipinski definition) is 5. The van der Waals surface area contributed by atoms with E-state index in [9.17, 15) is 4.79 Å². The highest BCUT2D eigenvalue weighted by Gasteiger charge is 2.11. The summed E-state index contributed by atoms with van der Waals surface area (Å²) in [6.07, 6.45) is 1.72. The van der Waals surface area contributed by atoms with Crippen molar-refractivity contribution in [3.05, 3.63) is 42.2 Å². The number of nitrogen functional groups attached to an aromatic ring is 1. The Morgan fingerprint density at radius 2 is 2.00 bits per heavy atom. The van der Waals surface area contributed by atoms with Crippen LogP contribution in [0.15, 0.2) is 36.5 Å². The van der Waals surface area contributed by atoms with E-state index in [-0.39, 0.29) is 0 Å². The molecule has 20 heavy (non-hydrogen) atoms. The van der Waals surface area contributed by atoms with Crippen LogP contribution in [-0.2, 0) is 4.74 Å². The van der Waals surface area contributed by atoms with Gasteiger partial charge in [0.1, 0.15) is 6.61 Å². The van der Waals surface area contributed by atoms with Gasteiger partial charge in [0.2, 0.25) is 0 Å². The summed E-state index contributed by atoms with van der Waals surface area (Å²) in [5, 5.41) is 4.20. The van der Waals surface area contributed by atoms with Gasteiger partial charge in [0.15, 0.2) is 5.69 Å². The van der Waals surface area contributed by atoms with Crippen molar-refractivity contribution < 1.29 is 9.53 Å². The summed E-state index contributed by atoms with van der Waals surface area (Å²) < 4.78 is 6.74. The van der Waals surface area contributed by atoms with E-state index in [1.807, 2.05) is 31.1 Å². The fourth-order valence-electron chi connectivity index (χ4n) is 1.60. The third-order valence-electron chi connectivity index (χ3n) is 2.73. The van der Waals surface area contributed by atoms with Crippen molar-refractivity contribution in [3.8, 4) is 5.69 Å². The van der Waals surface area contributed by atoms with Gasteiger partial charge in [-0.05, 0) is 44.4 Å². The first-order chi connectivity index (χ1) is 9.56. The second kappa shape index (κ2) is 6.21. The van der Waals surface area contributed by atoms with E-state index in [1.165, 1.54) is 0 Å². The quantitative estimate of drug-likeness (QED) is 0.654. The van der Waals surface area contributed by atoms with Crippen molar-refractivity contribution in [1.82, 2.24) is 14.7 Å². The molecular formula is C14H18N4O2. The van der Waals surface area contributed by atoms with Gasteiger partial charge in [0, 0.05) is 18.4 Å². The molecule has 0 aliphatic carbocycles. The average molecular weight is 274 g/mol. The second-order valence-electron chi connectivity index (χ2n) is 4.68. The number of nitrogens with zero attached hydrogens (tertiary/aromatic N) is 3. The molecule has 0 spiro atoms. The number of ether oxygens (including phenoxy) is 1. The number of benzene rings is 1. The number of carbonyl (C=O) groups excluding carboxylic acids is 1. The Morgan fingerprint density at radius 3 is 2.65 bits per heavy atom. The molecule has 0 bridgehead atoms. The molecule has 106 valence electrons. The number of esters is 1. The van der Waals surface area contributed by atoms with Crippen molar-refractivity contribution in [3.63, 3.8) is 0 Å². The number of nitrogens with two attached hydrogens (primary N) is 1. The third kappa shape index (κ3) is 3.58. The number of carbonyl (C=O) groups is 1. The Kier molecular flexibility index (Phi) is 4.37. The van der Waals surface area contributed by atoms with Crippen molar-refractivity contribution in [2.45, 2.75) is 0 Å². The van der Waals surface area contributed by atoms with Crippen molar-refractivity contribution in [2.75, 3.05) is 33.0 Å². The third-order valence-corrected chi connectivity index (χ3v) is 2.73. The number of likely N-dealkylation sites (N-methyl/N-ethyl adjacent to an activating group) is 1. The topological polar surface area (TPSA) is 73.4 Å². The van der Waals surface area contributed by atoms with Crippen molar-refractivity contribution >= 4 is 11.7 Å². The van der Waals surface area contributed by atoms with Crippen LogP contribution < -0.4 is 5.73 Å². The number of anilines is 1. The summed E-state index contributed by atoms with van der Waals surface area (Å²) >= 11 is 0. The SMILES string of the molecule is CN(C)CCOC(=O)c1ccn(-c2ccc(N)cc2)n1. The maximum absolute atomic E-state index is 11.8. The molecule has 2 aromatic rings. The van der Waals surface area contributed by atoms with Crippen LogP contribution in [0.2, 0.25) is 0 Å². The van der Waals surface area contributed by atoms with E-state index >= 15 is 0 Å². The molecule has 0 atom stereocenters. The molecule has 1 aromatic heterocycles. The molecule has 1 heterocycles. The zero-order chi connectivity index (χ0) is 14.5. The smallest absolute Gasteiger partial charge is 0.358 e. The Hall–Kier alpha value is -2.34. The first-order valence-corrected chi connectivity index (χ1v) is 6.30. The first-order valence-electron chi connectivity index (χ1n) is 6.30. The standard InChI is InChI=1S/C14H18N4O2/c1-17(2)9-10-20-14(19)13-7-8-18(16-13)12-5-3-11(15)4-6-12/h3-8H,9-10,15H2,1-2H3. The monoisotopic (exact) mass is 274 g/mol. The normalized spacial score (nSPS) is 10.8. The van der Waals surface area contributed by atoms with Gasteiger partial charge >= 0.3 is 5.97 Å². The molecule has 0 saturated carbocycles. The molecule has 6 nitrogen and oxygen atoms in total. The lowest BCUT2D eigenvalue weighted by atomic mass is 10.3. The lowest BCUT2D eigenvalue weighted by Crippen LogP contribution is -2.20. The maximum atomic E-state index is 11.8. The summed E-state index contributed by atoms with van der Waals surface area (Å²) in [6, 6.07) is 8.87. The van der Waals surface area contributed by atoms with Crippen LogP contribution in [-0.4, -0.2) is 47.9 Å². The van der Waals surface area contributed by atoms with Gasteiger partial charge < -0.3 is 15.4 Å². The van der Waals surface area contributed by atoms with Gasteiger partial charge in [-0.1, -0.05) is 0 Å². The predicted octanol–water partition coefficient (Wildman–Crippen LogP) is 1.17. The van der Waals surface area contributed by atoms with E-state index in [0.29, 0.717) is 24.5 Å². The van der Waals surface area contributed by atoms with Gasteiger partial charge in [-0.25, -0.2) is 9.48 Å². The summed E-state index contributed by atoms with van der Waals surface area (Å²) in [7, 11) is 3.84. The fraction of sp³-hybridized carbons (Fsp3) is 0.286. The lowest BCUT2D eigenvalue weighted by Gasteiger charge is -2.08. The molecular weight excluding hydrogens is 256 g/mol. The molecule has 2 N–H and O–H groups in total. The zero-order valence-electron chi connectivity index (χ0n) is 11.6. The van der Waals surface area contributed by atoms with Crippen LogP contribution in [0.5, 0.6) is 0 Å². The van der Waals surface area contributed by atoms with E-state index < -0.39 is 5.97 Å². The molecule has 0 aliphatic rings. The van der Waals surface area contributed by atoms with Gasteiger partial charge in [-0.3, -0.25) is 0 Å². The van der Waals surface area contributed by atoms with Crippen LogP contribution >= 0.6 is 0 Å². The number of aromatic nitrogens is 2. The first kappa shape index (κ1) is 14.1. The molecule has 0 radical (unpaired) electrons. The molecule has 1 aromatic carbocycles. The van der Waals surface area contributed by atoms with Crippen LogP contribution in [0.25, 0.3) is 5.69 Å². The molecule has 0 fully saturated rings. The van der Waals surface area contributed by atoms with Gasteiger partial charge in [0.25, 0.3) is 0 Å². The molecule has 0 saturated heterocycles. The number of hydrogen-bond donors (Lipinski definition) is 1. The molecule has 2 rings (SSSR count). The van der Waals surface area contributed by atoms with Crippen molar-refractivity contribution in [2.24, 2.45) is 0 Å². The van der Waals surface area contributed by atoms with Crippen LogP contribution in [0, 0.1) is 0 Å². The summed E-state index contributed by atoms with van der Waals surface area (Å²) in [5.41, 5.74) is 7.45.